The molecule has 198 valence electrons. The van der Waals surface area contributed by atoms with E-state index in [0.29, 0.717) is 17.4 Å². The van der Waals surface area contributed by atoms with Crippen LogP contribution in [0.1, 0.15) is 65.3 Å². The summed E-state index contributed by atoms with van der Waals surface area (Å²) in [5, 5.41) is 10.6. The zero-order valence-corrected chi connectivity index (χ0v) is 22.8. The van der Waals surface area contributed by atoms with Gasteiger partial charge in [0.25, 0.3) is 5.91 Å². The quantitative estimate of drug-likeness (QED) is 0.258. The molecule has 3 heterocycles. The zero-order valence-electron chi connectivity index (χ0n) is 22.8. The van der Waals surface area contributed by atoms with Crippen LogP contribution < -0.4 is 5.73 Å². The zero-order chi connectivity index (χ0) is 27.5. The molecular weight excluding hydrogens is 484 g/mol. The van der Waals surface area contributed by atoms with Crippen LogP contribution in [0.5, 0.6) is 0 Å². The lowest BCUT2D eigenvalue weighted by Gasteiger charge is -2.16. The Morgan fingerprint density at radius 1 is 1.13 bits per heavy atom. The number of pyridine rings is 2. The molecule has 1 saturated carbocycles. The number of amides is 1. The predicted octanol–water partition coefficient (Wildman–Crippen LogP) is 6.01. The maximum atomic E-state index is 12.2. The van der Waals surface area contributed by atoms with Crippen molar-refractivity contribution < 1.29 is 4.79 Å². The Balaban J connectivity index is 1.33. The molecule has 0 aliphatic heterocycles. The second-order valence-corrected chi connectivity index (χ2v) is 10.6. The SMILES string of the molecule is CN(C)C(=O)c1ccc(C2CCC/C(=C/Cc3cc4c(-c5ccc(N)nc5C#N)ccnc4n3C)CC2)cc1. The van der Waals surface area contributed by atoms with Crippen LogP contribution in [0.4, 0.5) is 5.82 Å². The van der Waals surface area contributed by atoms with Crippen molar-refractivity contribution in [1.29, 1.82) is 5.26 Å². The van der Waals surface area contributed by atoms with Gasteiger partial charge in [-0.25, -0.2) is 9.97 Å². The van der Waals surface area contributed by atoms with E-state index in [4.69, 9.17) is 5.73 Å². The minimum atomic E-state index is 0.0407. The predicted molar refractivity (Wildman–Crippen MR) is 155 cm³/mol. The molecule has 0 saturated heterocycles. The topological polar surface area (TPSA) is 101 Å². The largest absolute Gasteiger partial charge is 0.384 e. The number of anilines is 1. The first-order valence-corrected chi connectivity index (χ1v) is 13.5. The Labute approximate surface area is 229 Å². The molecule has 4 aromatic rings. The van der Waals surface area contributed by atoms with E-state index in [9.17, 15) is 10.1 Å². The van der Waals surface area contributed by atoms with Crippen molar-refractivity contribution in [2.45, 2.75) is 44.4 Å². The standard InChI is InChI=1S/C32H34N6O/c1-37(2)32(39)24-12-10-23(11-13-24)22-6-4-5-21(7-9-22)8-14-25-19-28-26(17-18-35-31(28)38(25)3)27-15-16-30(34)36-29(27)20-33/h8,10-13,15-19,22H,4-7,9,14H2,1-3H3,(H2,34,36)/b21-8-. The van der Waals surface area contributed by atoms with Crippen molar-refractivity contribution in [1.82, 2.24) is 19.4 Å². The Kier molecular flexibility index (Phi) is 7.47. The lowest BCUT2D eigenvalue weighted by atomic mass is 9.91. The Morgan fingerprint density at radius 3 is 2.67 bits per heavy atom. The summed E-state index contributed by atoms with van der Waals surface area (Å²) in [4.78, 5) is 22.7. The fraction of sp³-hybridized carbons (Fsp3) is 0.312. The number of nitrogen functional groups attached to an aromatic ring is 1. The van der Waals surface area contributed by atoms with Crippen LogP contribution in [0.2, 0.25) is 0 Å². The number of nitriles is 1. The van der Waals surface area contributed by atoms with E-state index in [1.54, 1.807) is 31.3 Å². The maximum Gasteiger partial charge on any atom is 0.253 e. The lowest BCUT2D eigenvalue weighted by molar-refractivity contribution is 0.0827. The first kappa shape index (κ1) is 26.2. The number of carbonyl (C=O) groups excluding carboxylic acids is 1. The minimum absolute atomic E-state index is 0.0407. The van der Waals surface area contributed by atoms with Crippen LogP contribution in [-0.4, -0.2) is 39.4 Å². The van der Waals surface area contributed by atoms with Gasteiger partial charge in [0.15, 0.2) is 5.69 Å². The van der Waals surface area contributed by atoms with Gasteiger partial charge in [-0.3, -0.25) is 4.79 Å². The van der Waals surface area contributed by atoms with Crippen molar-refractivity contribution in [3.63, 3.8) is 0 Å². The molecule has 39 heavy (non-hydrogen) atoms. The van der Waals surface area contributed by atoms with Gasteiger partial charge in [0.2, 0.25) is 0 Å². The summed E-state index contributed by atoms with van der Waals surface area (Å²) in [6.07, 6.45) is 10.6. The summed E-state index contributed by atoms with van der Waals surface area (Å²) in [7, 11) is 5.61. The summed E-state index contributed by atoms with van der Waals surface area (Å²) in [5.74, 6) is 0.897. The third kappa shape index (κ3) is 5.42. The number of benzene rings is 1. The molecule has 1 fully saturated rings. The maximum absolute atomic E-state index is 12.2. The first-order valence-electron chi connectivity index (χ1n) is 13.5. The molecule has 1 amide bonds. The Morgan fingerprint density at radius 2 is 1.92 bits per heavy atom. The van der Waals surface area contributed by atoms with Crippen LogP contribution in [-0.2, 0) is 13.5 Å². The molecule has 3 aromatic heterocycles. The van der Waals surface area contributed by atoms with E-state index < -0.39 is 0 Å². The number of hydrogen-bond donors (Lipinski definition) is 1. The number of aromatic nitrogens is 3. The molecule has 5 rings (SSSR count). The summed E-state index contributed by atoms with van der Waals surface area (Å²) in [6, 6.07) is 18.1. The van der Waals surface area contributed by atoms with Gasteiger partial charge in [0.05, 0.1) is 0 Å². The second kappa shape index (κ2) is 11.1. The third-order valence-electron chi connectivity index (χ3n) is 7.84. The van der Waals surface area contributed by atoms with E-state index in [1.165, 1.54) is 16.8 Å². The Bertz CT molecular complexity index is 1590. The fourth-order valence-electron chi connectivity index (χ4n) is 5.63. The number of rotatable bonds is 5. The molecule has 0 radical (unpaired) electrons. The van der Waals surface area contributed by atoms with Gasteiger partial charge in [0, 0.05) is 56.0 Å². The monoisotopic (exact) mass is 518 g/mol. The van der Waals surface area contributed by atoms with Crippen molar-refractivity contribution >= 4 is 22.8 Å². The highest BCUT2D eigenvalue weighted by atomic mass is 16.2. The number of hydrogen-bond acceptors (Lipinski definition) is 5. The molecule has 1 unspecified atom stereocenters. The molecule has 1 aromatic carbocycles. The van der Waals surface area contributed by atoms with Gasteiger partial charge in [-0.15, -0.1) is 0 Å². The highest BCUT2D eigenvalue weighted by Crippen LogP contribution is 2.35. The fourth-order valence-corrected chi connectivity index (χ4v) is 5.63. The van der Waals surface area contributed by atoms with Gasteiger partial charge < -0.3 is 15.2 Å². The minimum Gasteiger partial charge on any atom is -0.384 e. The number of nitrogens with two attached hydrogens (primary N) is 1. The molecule has 1 aliphatic rings. The van der Waals surface area contributed by atoms with Crippen LogP contribution in [0.15, 0.2) is 66.4 Å². The van der Waals surface area contributed by atoms with Crippen LogP contribution in [0, 0.1) is 11.3 Å². The van der Waals surface area contributed by atoms with Crippen molar-refractivity contribution in [2.24, 2.45) is 7.05 Å². The van der Waals surface area contributed by atoms with Crippen LogP contribution in [0.3, 0.4) is 0 Å². The number of nitrogens with zero attached hydrogens (tertiary/aromatic N) is 5. The number of aryl methyl sites for hydroxylation is 1. The number of fused-ring (bicyclic) bond motifs is 1. The van der Waals surface area contributed by atoms with Crippen LogP contribution >= 0.6 is 0 Å². The molecule has 7 nitrogen and oxygen atoms in total. The number of allylic oxidation sites excluding steroid dienone is 2. The second-order valence-electron chi connectivity index (χ2n) is 10.6. The molecule has 2 N–H and O–H groups in total. The van der Waals surface area contributed by atoms with E-state index in [1.807, 2.05) is 31.3 Å². The molecular formula is C32H34N6O. The summed E-state index contributed by atoms with van der Waals surface area (Å²) in [6.45, 7) is 0. The van der Waals surface area contributed by atoms with Gasteiger partial charge in [-0.2, -0.15) is 5.26 Å². The van der Waals surface area contributed by atoms with Crippen molar-refractivity contribution in [3.8, 4) is 17.2 Å². The van der Waals surface area contributed by atoms with Crippen molar-refractivity contribution in [3.05, 3.63) is 88.9 Å². The number of carbonyl (C=O) groups is 1. The van der Waals surface area contributed by atoms with E-state index >= 15 is 0 Å². The summed E-state index contributed by atoms with van der Waals surface area (Å²) >= 11 is 0. The average Bonchev–Trinajstić information content (AvgIpc) is 3.10. The van der Waals surface area contributed by atoms with E-state index in [0.717, 1.165) is 66.2 Å². The van der Waals surface area contributed by atoms with Gasteiger partial charge in [-0.05, 0) is 85.5 Å². The highest BCUT2D eigenvalue weighted by Gasteiger charge is 2.19. The molecule has 7 heteroatoms. The molecule has 1 aliphatic carbocycles. The van der Waals surface area contributed by atoms with Gasteiger partial charge >= 0.3 is 0 Å². The van der Waals surface area contributed by atoms with E-state index in [-0.39, 0.29) is 5.91 Å². The highest BCUT2D eigenvalue weighted by molar-refractivity contribution is 5.95. The smallest absolute Gasteiger partial charge is 0.253 e. The molecule has 1 atom stereocenters. The first-order chi connectivity index (χ1) is 18.9. The third-order valence-corrected chi connectivity index (χ3v) is 7.84. The lowest BCUT2D eigenvalue weighted by Crippen LogP contribution is -2.21. The summed E-state index contributed by atoms with van der Waals surface area (Å²) in [5.41, 5.74) is 13.5. The average molecular weight is 519 g/mol. The van der Waals surface area contributed by atoms with E-state index in [2.05, 4.69) is 44.9 Å². The Hall–Kier alpha value is -4.44. The molecule has 0 spiro atoms. The van der Waals surface area contributed by atoms with Crippen LogP contribution in [0.25, 0.3) is 22.2 Å². The molecule has 0 bridgehead atoms. The summed E-state index contributed by atoms with van der Waals surface area (Å²) < 4.78 is 2.14. The van der Waals surface area contributed by atoms with Gasteiger partial charge in [0.1, 0.15) is 17.5 Å². The van der Waals surface area contributed by atoms with Crippen molar-refractivity contribution in [2.75, 3.05) is 19.8 Å². The normalized spacial score (nSPS) is 16.7. The van der Waals surface area contributed by atoms with Gasteiger partial charge in [-0.1, -0.05) is 23.8 Å².